The van der Waals surface area contributed by atoms with Crippen molar-refractivity contribution in [3.63, 3.8) is 0 Å². The van der Waals surface area contributed by atoms with Crippen LogP contribution in [0.25, 0.3) is 10.9 Å². The lowest BCUT2D eigenvalue weighted by atomic mass is 10.1. The molecule has 3 rings (SSSR count). The van der Waals surface area contributed by atoms with Gasteiger partial charge in [-0.1, -0.05) is 13.0 Å². The second-order valence-electron chi connectivity index (χ2n) is 7.46. The van der Waals surface area contributed by atoms with Gasteiger partial charge in [0.1, 0.15) is 5.82 Å². The minimum Gasteiger partial charge on any atom is -0.493 e. The number of amides is 1. The SMILES string of the molecule is CCN(CC(=O)Nc1cc(C)cc(C)c1)Cc1nc2cc(OC)c(OC)cc2c(=O)[nH]1. The van der Waals surface area contributed by atoms with Crippen LogP contribution >= 0.6 is 0 Å². The van der Waals surface area contributed by atoms with Crippen LogP contribution in [0.1, 0.15) is 23.9 Å². The van der Waals surface area contributed by atoms with E-state index < -0.39 is 0 Å². The summed E-state index contributed by atoms with van der Waals surface area (Å²) in [5.74, 6) is 1.32. The maximum Gasteiger partial charge on any atom is 0.258 e. The predicted molar refractivity (Wildman–Crippen MR) is 121 cm³/mol. The summed E-state index contributed by atoms with van der Waals surface area (Å²) in [5.41, 5.74) is 3.20. The molecule has 1 aromatic heterocycles. The first-order valence-corrected chi connectivity index (χ1v) is 10.1. The number of H-pyrrole nitrogens is 1. The highest BCUT2D eigenvalue weighted by atomic mass is 16.5. The number of aromatic amines is 1. The van der Waals surface area contributed by atoms with Gasteiger partial charge in [0.2, 0.25) is 5.91 Å². The van der Waals surface area contributed by atoms with E-state index in [1.165, 1.54) is 14.2 Å². The van der Waals surface area contributed by atoms with Crippen molar-refractivity contribution in [2.75, 3.05) is 32.6 Å². The minimum absolute atomic E-state index is 0.124. The van der Waals surface area contributed by atoms with Crippen molar-refractivity contribution in [3.05, 3.63) is 57.6 Å². The van der Waals surface area contributed by atoms with Crippen molar-refractivity contribution in [2.24, 2.45) is 0 Å². The molecule has 0 aliphatic rings. The average molecular weight is 425 g/mol. The Kier molecular flexibility index (Phi) is 6.91. The molecule has 0 bridgehead atoms. The molecule has 0 aliphatic carbocycles. The molecule has 2 aromatic carbocycles. The number of anilines is 1. The lowest BCUT2D eigenvalue weighted by Crippen LogP contribution is -2.33. The van der Waals surface area contributed by atoms with E-state index in [0.717, 1.165) is 16.8 Å². The van der Waals surface area contributed by atoms with Crippen LogP contribution < -0.4 is 20.3 Å². The Labute approximate surface area is 181 Å². The molecular weight excluding hydrogens is 396 g/mol. The lowest BCUT2D eigenvalue weighted by molar-refractivity contribution is -0.117. The first-order valence-electron chi connectivity index (χ1n) is 10.1. The summed E-state index contributed by atoms with van der Waals surface area (Å²) in [6, 6.07) is 9.21. The zero-order valence-electron chi connectivity index (χ0n) is 18.5. The Morgan fingerprint density at radius 3 is 2.32 bits per heavy atom. The molecule has 0 atom stereocenters. The lowest BCUT2D eigenvalue weighted by Gasteiger charge is -2.19. The van der Waals surface area contributed by atoms with Gasteiger partial charge in [0.05, 0.1) is 38.2 Å². The Morgan fingerprint density at radius 1 is 1.06 bits per heavy atom. The molecule has 0 saturated carbocycles. The second-order valence-corrected chi connectivity index (χ2v) is 7.46. The molecule has 0 unspecified atom stereocenters. The van der Waals surface area contributed by atoms with Gasteiger partial charge in [-0.05, 0) is 49.7 Å². The van der Waals surface area contributed by atoms with E-state index in [1.54, 1.807) is 12.1 Å². The van der Waals surface area contributed by atoms with E-state index in [1.807, 2.05) is 37.8 Å². The van der Waals surface area contributed by atoms with Gasteiger partial charge >= 0.3 is 0 Å². The molecule has 2 N–H and O–H groups in total. The van der Waals surface area contributed by atoms with Crippen molar-refractivity contribution >= 4 is 22.5 Å². The number of rotatable bonds is 8. The molecule has 0 spiro atoms. The molecule has 8 heteroatoms. The number of hydrogen-bond donors (Lipinski definition) is 2. The number of likely N-dealkylation sites (N-methyl/N-ethyl adjacent to an activating group) is 1. The number of methoxy groups -OCH3 is 2. The third-order valence-electron chi connectivity index (χ3n) is 4.95. The van der Waals surface area contributed by atoms with Crippen LogP contribution in [-0.4, -0.2) is 48.1 Å². The number of benzene rings is 2. The maximum atomic E-state index is 12.6. The molecule has 0 saturated heterocycles. The van der Waals surface area contributed by atoms with Crippen molar-refractivity contribution in [1.82, 2.24) is 14.9 Å². The highest BCUT2D eigenvalue weighted by Gasteiger charge is 2.15. The zero-order valence-corrected chi connectivity index (χ0v) is 18.5. The van der Waals surface area contributed by atoms with Crippen molar-refractivity contribution in [1.29, 1.82) is 0 Å². The predicted octanol–water partition coefficient (Wildman–Crippen LogP) is 3.02. The van der Waals surface area contributed by atoms with Gasteiger partial charge in [0, 0.05) is 11.8 Å². The maximum absolute atomic E-state index is 12.6. The zero-order chi connectivity index (χ0) is 22.5. The average Bonchev–Trinajstić information content (AvgIpc) is 2.71. The van der Waals surface area contributed by atoms with Crippen LogP contribution in [0.3, 0.4) is 0 Å². The quantitative estimate of drug-likeness (QED) is 0.577. The van der Waals surface area contributed by atoms with Crippen molar-refractivity contribution in [2.45, 2.75) is 27.3 Å². The van der Waals surface area contributed by atoms with Gasteiger partial charge < -0.3 is 19.8 Å². The number of ether oxygens (including phenoxy) is 2. The molecule has 0 radical (unpaired) electrons. The van der Waals surface area contributed by atoms with Crippen molar-refractivity contribution in [3.8, 4) is 11.5 Å². The van der Waals surface area contributed by atoms with Gasteiger partial charge in [0.25, 0.3) is 5.56 Å². The molecule has 3 aromatic rings. The molecule has 1 amide bonds. The molecule has 8 nitrogen and oxygen atoms in total. The van der Waals surface area contributed by atoms with Crippen LogP contribution in [-0.2, 0) is 11.3 Å². The van der Waals surface area contributed by atoms with Crippen LogP contribution in [0, 0.1) is 13.8 Å². The van der Waals surface area contributed by atoms with Gasteiger partial charge in [-0.15, -0.1) is 0 Å². The third-order valence-corrected chi connectivity index (χ3v) is 4.95. The fraction of sp³-hybridized carbons (Fsp3) is 0.348. The standard InChI is InChI=1S/C23H28N4O4/c1-6-27(13-22(28)24-16-8-14(2)7-15(3)9-16)12-21-25-18-11-20(31-5)19(30-4)10-17(18)23(29)26-21/h7-11H,6,12-13H2,1-5H3,(H,24,28)(H,25,26,29). The Morgan fingerprint density at radius 2 is 1.71 bits per heavy atom. The summed E-state index contributed by atoms with van der Waals surface area (Å²) >= 11 is 0. The van der Waals surface area contributed by atoms with E-state index in [0.29, 0.717) is 41.3 Å². The largest absolute Gasteiger partial charge is 0.493 e. The fourth-order valence-corrected chi connectivity index (χ4v) is 3.53. The summed E-state index contributed by atoms with van der Waals surface area (Å²) in [7, 11) is 3.05. The molecule has 0 fully saturated rings. The first kappa shape index (κ1) is 22.3. The van der Waals surface area contributed by atoms with E-state index >= 15 is 0 Å². The summed E-state index contributed by atoms with van der Waals surface area (Å²) < 4.78 is 10.6. The number of fused-ring (bicyclic) bond motifs is 1. The van der Waals surface area contributed by atoms with Gasteiger partial charge in [0.15, 0.2) is 11.5 Å². The van der Waals surface area contributed by atoms with Crippen LogP contribution in [0.2, 0.25) is 0 Å². The monoisotopic (exact) mass is 424 g/mol. The van der Waals surface area contributed by atoms with Gasteiger partial charge in [-0.3, -0.25) is 14.5 Å². The molecule has 31 heavy (non-hydrogen) atoms. The molecule has 0 aliphatic heterocycles. The molecule has 164 valence electrons. The second kappa shape index (κ2) is 9.61. The smallest absolute Gasteiger partial charge is 0.258 e. The van der Waals surface area contributed by atoms with Crippen molar-refractivity contribution < 1.29 is 14.3 Å². The number of nitrogens with zero attached hydrogens (tertiary/aromatic N) is 2. The van der Waals surface area contributed by atoms with E-state index in [9.17, 15) is 9.59 Å². The summed E-state index contributed by atoms with van der Waals surface area (Å²) in [6.07, 6.45) is 0. The fourth-order valence-electron chi connectivity index (χ4n) is 3.53. The minimum atomic E-state index is -0.267. The Balaban J connectivity index is 1.77. The molecular formula is C23H28N4O4. The number of carbonyl (C=O) groups is 1. The highest BCUT2D eigenvalue weighted by molar-refractivity contribution is 5.92. The van der Waals surface area contributed by atoms with Gasteiger partial charge in [-0.25, -0.2) is 4.98 Å². The number of aromatic nitrogens is 2. The number of aryl methyl sites for hydroxylation is 2. The van der Waals surface area contributed by atoms with Crippen LogP contribution in [0.15, 0.2) is 35.1 Å². The number of nitrogens with one attached hydrogen (secondary N) is 2. The summed E-state index contributed by atoms with van der Waals surface area (Å²) in [6.45, 7) is 7.07. The first-order chi connectivity index (χ1) is 14.8. The number of carbonyl (C=O) groups excluding carboxylic acids is 1. The Bertz CT molecular complexity index is 1140. The van der Waals surface area contributed by atoms with Gasteiger partial charge in [-0.2, -0.15) is 0 Å². The third kappa shape index (κ3) is 5.40. The van der Waals surface area contributed by atoms with E-state index in [4.69, 9.17) is 9.47 Å². The Hall–Kier alpha value is -3.39. The van der Waals surface area contributed by atoms with Crippen LogP contribution in [0.5, 0.6) is 11.5 Å². The van der Waals surface area contributed by atoms with E-state index in [-0.39, 0.29) is 18.0 Å². The number of hydrogen-bond acceptors (Lipinski definition) is 6. The summed E-state index contributed by atoms with van der Waals surface area (Å²) in [5, 5.41) is 3.35. The summed E-state index contributed by atoms with van der Waals surface area (Å²) in [4.78, 5) is 34.4. The van der Waals surface area contributed by atoms with E-state index in [2.05, 4.69) is 21.4 Å². The van der Waals surface area contributed by atoms with Crippen LogP contribution in [0.4, 0.5) is 5.69 Å². The molecule has 1 heterocycles. The highest BCUT2D eigenvalue weighted by Crippen LogP contribution is 2.29. The normalized spacial score (nSPS) is 11.0. The topological polar surface area (TPSA) is 96.6 Å².